The van der Waals surface area contributed by atoms with Gasteiger partial charge in [0.1, 0.15) is 19.8 Å². The maximum atomic E-state index is 12.9. The number of carbonyl (C=O) groups excluding carboxylic acids is 2. The van der Waals surface area contributed by atoms with Crippen LogP contribution in [0.15, 0.2) is 146 Å². The fourth-order valence-corrected chi connectivity index (χ4v) is 9.82. The van der Waals surface area contributed by atoms with Gasteiger partial charge in [-0.1, -0.05) is 282 Å². The lowest BCUT2D eigenvalue weighted by Crippen LogP contribution is -2.37. The van der Waals surface area contributed by atoms with Crippen LogP contribution in [0.3, 0.4) is 0 Å². The first-order valence-corrected chi connectivity index (χ1v) is 36.1. The second-order valence-electron chi connectivity index (χ2n) is 23.8. The van der Waals surface area contributed by atoms with Crippen LogP contribution in [0.5, 0.6) is 0 Å². The van der Waals surface area contributed by atoms with Crippen molar-refractivity contribution in [2.75, 3.05) is 47.5 Å². The molecule has 0 aromatic carbocycles. The van der Waals surface area contributed by atoms with Crippen molar-refractivity contribution in [3.05, 3.63) is 146 Å². The Hall–Kier alpha value is -4.11. The van der Waals surface area contributed by atoms with Gasteiger partial charge in [0, 0.05) is 12.8 Å². The Morgan fingerprint density at radius 3 is 0.988 bits per heavy atom. The topological polar surface area (TPSA) is 108 Å². The molecule has 0 spiro atoms. The molecule has 0 amide bonds. The fraction of sp³-hybridized carbons (Fsp3) is 0.658. The second kappa shape index (κ2) is 65.3. The summed E-state index contributed by atoms with van der Waals surface area (Å²) in [5.41, 5.74) is 0. The van der Waals surface area contributed by atoms with Gasteiger partial charge in [0.05, 0.1) is 27.7 Å². The minimum atomic E-state index is -4.41. The SMILES string of the molecule is CC/C=C\C/C=C\C/C=C\C/C=C\C/C=C\C/C=C\C/C=C\C/C=C\C/C=C\CCCCCCCCCC(=O)OC(COC(=O)CCCCCCCCCCCCCC/C=C\C/C=C\C/C=C\CCCCCCC)COP(=O)(O)OCC[N+](C)(C)C. The zero-order valence-corrected chi connectivity index (χ0v) is 56.6. The first-order valence-electron chi connectivity index (χ1n) is 34.6. The van der Waals surface area contributed by atoms with Crippen molar-refractivity contribution in [3.8, 4) is 0 Å². The summed E-state index contributed by atoms with van der Waals surface area (Å²) in [4.78, 5) is 35.9. The van der Waals surface area contributed by atoms with E-state index in [1.54, 1.807) is 0 Å². The molecule has 9 nitrogen and oxygen atoms in total. The Kier molecular flexibility index (Phi) is 62.2. The van der Waals surface area contributed by atoms with Gasteiger partial charge in [-0.2, -0.15) is 0 Å². The van der Waals surface area contributed by atoms with Crippen molar-refractivity contribution in [1.82, 2.24) is 0 Å². The number of allylic oxidation sites excluding steroid dienone is 24. The number of hydrogen-bond acceptors (Lipinski definition) is 7. The van der Waals surface area contributed by atoms with Crippen LogP contribution in [0.4, 0.5) is 0 Å². The van der Waals surface area contributed by atoms with Crippen LogP contribution in [0.1, 0.15) is 271 Å². The number of hydrogen-bond donors (Lipinski definition) is 1. The first-order chi connectivity index (χ1) is 42.0. The summed E-state index contributed by atoms with van der Waals surface area (Å²) in [5.74, 6) is -0.817. The van der Waals surface area contributed by atoms with Gasteiger partial charge in [-0.3, -0.25) is 18.6 Å². The van der Waals surface area contributed by atoms with E-state index in [2.05, 4.69) is 160 Å². The van der Waals surface area contributed by atoms with Gasteiger partial charge in [0.2, 0.25) is 0 Å². The maximum Gasteiger partial charge on any atom is 0.472 e. The van der Waals surface area contributed by atoms with Crippen molar-refractivity contribution in [3.63, 3.8) is 0 Å². The largest absolute Gasteiger partial charge is 0.472 e. The molecule has 0 aromatic heterocycles. The van der Waals surface area contributed by atoms with Gasteiger partial charge >= 0.3 is 19.8 Å². The molecule has 86 heavy (non-hydrogen) atoms. The second-order valence-corrected chi connectivity index (χ2v) is 25.3. The van der Waals surface area contributed by atoms with Crippen LogP contribution in [-0.2, 0) is 32.7 Å². The van der Waals surface area contributed by atoms with Crippen LogP contribution < -0.4 is 0 Å². The molecule has 1 N–H and O–H groups in total. The molecule has 0 saturated carbocycles. The minimum absolute atomic E-state index is 0.0217. The highest BCUT2D eigenvalue weighted by molar-refractivity contribution is 7.47. The van der Waals surface area contributed by atoms with Crippen molar-refractivity contribution in [2.24, 2.45) is 0 Å². The van der Waals surface area contributed by atoms with E-state index in [4.69, 9.17) is 18.5 Å². The third-order valence-corrected chi connectivity index (χ3v) is 15.3. The van der Waals surface area contributed by atoms with E-state index in [0.29, 0.717) is 17.4 Å². The molecular formula is C76H129NO8P+. The predicted octanol–water partition coefficient (Wildman–Crippen LogP) is 22.6. The zero-order valence-electron chi connectivity index (χ0n) is 55.7. The summed E-state index contributed by atoms with van der Waals surface area (Å²) < 4.78 is 34.7. The average Bonchev–Trinajstić information content (AvgIpc) is 3.56. The average molecular weight is 1220 g/mol. The van der Waals surface area contributed by atoms with E-state index in [-0.39, 0.29) is 32.0 Å². The van der Waals surface area contributed by atoms with Crippen LogP contribution in [-0.4, -0.2) is 74.9 Å². The first kappa shape index (κ1) is 81.9. The summed E-state index contributed by atoms with van der Waals surface area (Å²) in [5, 5.41) is 0. The van der Waals surface area contributed by atoms with E-state index < -0.39 is 26.5 Å². The quantitative estimate of drug-likeness (QED) is 0.0211. The normalized spacial score (nSPS) is 14.1. The van der Waals surface area contributed by atoms with E-state index >= 15 is 0 Å². The van der Waals surface area contributed by atoms with Gasteiger partial charge < -0.3 is 18.9 Å². The van der Waals surface area contributed by atoms with Crippen LogP contribution >= 0.6 is 7.82 Å². The third-order valence-electron chi connectivity index (χ3n) is 14.4. The molecule has 0 heterocycles. The van der Waals surface area contributed by atoms with Crippen LogP contribution in [0, 0.1) is 0 Å². The van der Waals surface area contributed by atoms with Gasteiger partial charge in [-0.25, -0.2) is 4.57 Å². The van der Waals surface area contributed by atoms with E-state index in [0.717, 1.165) is 116 Å². The predicted molar refractivity (Wildman–Crippen MR) is 371 cm³/mol. The summed E-state index contributed by atoms with van der Waals surface area (Å²) in [6, 6.07) is 0. The van der Waals surface area contributed by atoms with Crippen LogP contribution in [0.25, 0.3) is 0 Å². The highest BCUT2D eigenvalue weighted by Gasteiger charge is 2.27. The van der Waals surface area contributed by atoms with Crippen molar-refractivity contribution >= 4 is 19.8 Å². The number of phosphoric acid groups is 1. The molecule has 0 fully saturated rings. The smallest absolute Gasteiger partial charge is 0.462 e. The van der Waals surface area contributed by atoms with E-state index in [9.17, 15) is 19.0 Å². The number of ether oxygens (including phenoxy) is 2. The molecule has 2 atom stereocenters. The van der Waals surface area contributed by atoms with Gasteiger partial charge in [-0.15, -0.1) is 0 Å². The molecule has 0 bridgehead atoms. The van der Waals surface area contributed by atoms with Crippen molar-refractivity contribution in [2.45, 2.75) is 277 Å². The summed E-state index contributed by atoms with van der Waals surface area (Å²) in [6.07, 6.45) is 96.5. The molecule has 0 aromatic rings. The molecule has 0 aliphatic rings. The standard InChI is InChI=1S/C76H128NO8P/c1-6-8-10-12-14-16-18-20-22-24-26-28-30-32-34-35-36-37-38-39-40-41-43-45-47-49-51-53-55-57-59-61-63-65-67-69-76(79)85-74(73-84-86(80,81)83-71-70-77(3,4)5)72-82-75(78)68-66-64-62-60-58-56-54-52-50-48-46-44-42-33-31-29-27-25-23-21-19-17-15-13-11-9-7-2/h8,10,14,16,19-22,25-28,31-34,36-37,39-40,43,45,49,51,74H,6-7,9,11-13,15,17-18,23-24,29-30,35,38,41-42,44,46-48,50,52-73H2,1-5H3/p+1/b10-8-,16-14-,21-19-,22-20-,27-25-,28-26-,33-31-,34-32-,37-36-,40-39-,45-43-,51-49-. The number of nitrogens with zero attached hydrogens (tertiary/aromatic N) is 1. The van der Waals surface area contributed by atoms with Crippen molar-refractivity contribution < 1.29 is 42.1 Å². The Labute approximate surface area is 529 Å². The molecule has 2 unspecified atom stereocenters. The zero-order chi connectivity index (χ0) is 62.6. The Balaban J connectivity index is 4.16. The number of phosphoric ester groups is 1. The lowest BCUT2D eigenvalue weighted by Gasteiger charge is -2.24. The maximum absolute atomic E-state index is 12.9. The Bertz CT molecular complexity index is 1960. The molecular weight excluding hydrogens is 1090 g/mol. The fourth-order valence-electron chi connectivity index (χ4n) is 9.07. The van der Waals surface area contributed by atoms with E-state index in [1.807, 2.05) is 21.1 Å². The lowest BCUT2D eigenvalue weighted by atomic mass is 10.0. The highest BCUT2D eigenvalue weighted by atomic mass is 31.2. The van der Waals surface area contributed by atoms with Crippen molar-refractivity contribution in [1.29, 1.82) is 0 Å². The monoisotopic (exact) mass is 1210 g/mol. The number of unbranched alkanes of at least 4 members (excludes halogenated alkanes) is 24. The Morgan fingerprint density at radius 1 is 0.372 bits per heavy atom. The van der Waals surface area contributed by atoms with Gasteiger partial charge in [0.15, 0.2) is 6.10 Å². The molecule has 0 rings (SSSR count). The molecule has 0 aliphatic heterocycles. The number of rotatable bonds is 62. The molecule has 10 heteroatoms. The molecule has 0 aliphatic carbocycles. The summed E-state index contributed by atoms with van der Waals surface area (Å²) in [6.45, 7) is 4.29. The van der Waals surface area contributed by atoms with Gasteiger partial charge in [-0.05, 0) is 122 Å². The number of likely N-dealkylation sites (N-methyl/N-ethyl adjacent to an activating group) is 1. The molecule has 0 radical (unpaired) electrons. The third kappa shape index (κ3) is 69.0. The Morgan fingerprint density at radius 2 is 0.663 bits per heavy atom. The minimum Gasteiger partial charge on any atom is -0.462 e. The number of esters is 2. The molecule has 490 valence electrons. The highest BCUT2D eigenvalue weighted by Crippen LogP contribution is 2.43. The lowest BCUT2D eigenvalue weighted by molar-refractivity contribution is -0.870. The number of quaternary nitrogens is 1. The van der Waals surface area contributed by atoms with Gasteiger partial charge in [0.25, 0.3) is 0 Å². The van der Waals surface area contributed by atoms with E-state index in [1.165, 1.54) is 122 Å². The summed E-state index contributed by atoms with van der Waals surface area (Å²) in [7, 11) is 1.45. The molecule has 0 saturated heterocycles. The summed E-state index contributed by atoms with van der Waals surface area (Å²) >= 11 is 0. The number of carbonyl (C=O) groups is 2. The van der Waals surface area contributed by atoms with Crippen LogP contribution in [0.2, 0.25) is 0 Å².